The summed E-state index contributed by atoms with van der Waals surface area (Å²) in [4.78, 5) is 25.6. The molecule has 3 aromatic rings. The molecule has 3 aliphatic carbocycles. The third kappa shape index (κ3) is 5.80. The van der Waals surface area contributed by atoms with Crippen LogP contribution in [0.25, 0.3) is 0 Å². The number of carbonyl (C=O) groups excluding carboxylic acids is 2. The molecular formula is C32H36I2N2O4. The van der Waals surface area contributed by atoms with Gasteiger partial charge in [0.25, 0.3) is 0 Å². The van der Waals surface area contributed by atoms with Crippen LogP contribution in [0.15, 0.2) is 67.3 Å². The SMILES string of the molecule is C[n+]1cccc(C(=O)Oc2ccc3c(c2)CC[C@@H]2[C@@H]3CC[C@]3(C)[C@@H](OC(=O)c4ccc[n+](C)c4)CC[C@@H]23)c1.[I-].[I-]. The summed E-state index contributed by atoms with van der Waals surface area (Å²) in [5, 5.41) is 0. The highest BCUT2D eigenvalue weighted by Crippen LogP contribution is 2.61. The third-order valence-electron chi connectivity index (χ3n) is 9.42. The van der Waals surface area contributed by atoms with Crippen LogP contribution >= 0.6 is 0 Å². The number of esters is 2. The zero-order valence-electron chi connectivity index (χ0n) is 23.2. The highest BCUT2D eigenvalue weighted by molar-refractivity contribution is 5.90. The molecule has 0 aliphatic heterocycles. The van der Waals surface area contributed by atoms with Gasteiger partial charge in [-0.25, -0.2) is 18.7 Å². The smallest absolute Gasteiger partial charge is 0.349 e. The highest BCUT2D eigenvalue weighted by Gasteiger charge is 2.56. The Kier molecular flexibility index (Phi) is 9.59. The van der Waals surface area contributed by atoms with Gasteiger partial charge in [0.15, 0.2) is 24.8 Å². The Morgan fingerprint density at radius 2 is 1.55 bits per heavy atom. The summed E-state index contributed by atoms with van der Waals surface area (Å²) in [6.07, 6.45) is 13.7. The summed E-state index contributed by atoms with van der Waals surface area (Å²) in [6, 6.07) is 13.5. The molecule has 0 N–H and O–H groups in total. The normalized spacial score (nSPS) is 26.2. The van der Waals surface area contributed by atoms with Gasteiger partial charge in [-0.2, -0.15) is 0 Å². The molecule has 212 valence electrons. The molecule has 0 unspecified atom stereocenters. The molecule has 0 radical (unpaired) electrons. The average Bonchev–Trinajstić information content (AvgIpc) is 3.24. The second-order valence-corrected chi connectivity index (χ2v) is 11.7. The quantitative estimate of drug-likeness (QED) is 0.143. The van der Waals surface area contributed by atoms with Crippen molar-refractivity contribution in [3.8, 4) is 5.75 Å². The zero-order chi connectivity index (χ0) is 26.4. The van der Waals surface area contributed by atoms with Gasteiger partial charge in [0.2, 0.25) is 0 Å². The van der Waals surface area contributed by atoms with Gasteiger partial charge in [-0.1, -0.05) is 13.0 Å². The number of hydrogen-bond acceptors (Lipinski definition) is 4. The van der Waals surface area contributed by atoms with E-state index >= 15 is 0 Å². The first-order valence-electron chi connectivity index (χ1n) is 13.8. The fraction of sp³-hybridized carbons (Fsp3) is 0.438. The van der Waals surface area contributed by atoms with E-state index < -0.39 is 0 Å². The number of aryl methyl sites for hydroxylation is 3. The van der Waals surface area contributed by atoms with E-state index in [2.05, 4.69) is 19.1 Å². The number of rotatable bonds is 4. The van der Waals surface area contributed by atoms with Crippen molar-refractivity contribution in [3.63, 3.8) is 0 Å². The lowest BCUT2D eigenvalue weighted by Crippen LogP contribution is -3.00. The Balaban J connectivity index is 0.00000185. The van der Waals surface area contributed by atoms with E-state index in [1.807, 2.05) is 66.1 Å². The van der Waals surface area contributed by atoms with Gasteiger partial charge >= 0.3 is 11.9 Å². The van der Waals surface area contributed by atoms with Crippen LogP contribution in [0.2, 0.25) is 0 Å². The van der Waals surface area contributed by atoms with E-state index in [4.69, 9.17) is 9.47 Å². The molecule has 0 amide bonds. The lowest BCUT2D eigenvalue weighted by atomic mass is 9.55. The van der Waals surface area contributed by atoms with Gasteiger partial charge in [0.05, 0.1) is 0 Å². The molecule has 6 rings (SSSR count). The largest absolute Gasteiger partial charge is 1.00 e. The molecule has 2 aromatic heterocycles. The number of carbonyl (C=O) groups is 2. The molecule has 8 heteroatoms. The maximum atomic E-state index is 13.0. The maximum absolute atomic E-state index is 13.0. The van der Waals surface area contributed by atoms with E-state index in [-0.39, 0.29) is 71.4 Å². The molecule has 40 heavy (non-hydrogen) atoms. The summed E-state index contributed by atoms with van der Waals surface area (Å²) >= 11 is 0. The first-order valence-corrected chi connectivity index (χ1v) is 13.8. The second kappa shape index (κ2) is 12.4. The number of ether oxygens (including phenoxy) is 2. The standard InChI is InChI=1S/C32H36N2O4.2HI/c1-32-15-14-26-25-11-9-24(37-30(35)22-6-4-16-33(2)19-22)18-21(25)8-10-27(26)28(32)12-13-29(32)38-31(36)23-7-5-17-34(3)20-23;;/h4-7,9,11,16-20,26-29H,8,10,12-15H2,1-3H3;2*1H/q+2;;/p-2/t26-,27-,28+,29+,32+;;/m1../s1. The lowest BCUT2D eigenvalue weighted by molar-refractivity contribution is -0.671. The molecule has 6 nitrogen and oxygen atoms in total. The van der Waals surface area contributed by atoms with Gasteiger partial charge in [0.1, 0.15) is 37.1 Å². The minimum Gasteiger partial charge on any atom is -1.00 e. The van der Waals surface area contributed by atoms with Gasteiger partial charge in [-0.05, 0) is 91.7 Å². The monoisotopic (exact) mass is 766 g/mol. The summed E-state index contributed by atoms with van der Waals surface area (Å²) in [5.74, 6) is 1.72. The number of nitrogens with zero attached hydrogens (tertiary/aromatic N) is 2. The molecular weight excluding hydrogens is 730 g/mol. The predicted octanol–water partition coefficient (Wildman–Crippen LogP) is -1.36. The van der Waals surface area contributed by atoms with Crippen molar-refractivity contribution in [3.05, 3.63) is 89.5 Å². The first-order chi connectivity index (χ1) is 18.3. The molecule has 0 saturated heterocycles. The third-order valence-corrected chi connectivity index (χ3v) is 9.42. The summed E-state index contributed by atoms with van der Waals surface area (Å²) in [5.41, 5.74) is 3.88. The number of aromatic nitrogens is 2. The number of hydrogen-bond donors (Lipinski definition) is 0. The second-order valence-electron chi connectivity index (χ2n) is 11.7. The summed E-state index contributed by atoms with van der Waals surface area (Å²) < 4.78 is 15.6. The van der Waals surface area contributed by atoms with E-state index in [9.17, 15) is 9.59 Å². The van der Waals surface area contributed by atoms with Crippen LogP contribution in [0.4, 0.5) is 0 Å². The average molecular weight is 766 g/mol. The number of halogens is 2. The predicted molar refractivity (Wildman–Crippen MR) is 140 cm³/mol. The van der Waals surface area contributed by atoms with E-state index in [1.54, 1.807) is 12.3 Å². The van der Waals surface area contributed by atoms with Crippen molar-refractivity contribution in [2.45, 2.75) is 57.5 Å². The molecule has 3 aliphatic rings. The van der Waals surface area contributed by atoms with Crippen molar-refractivity contribution in [2.24, 2.45) is 31.3 Å². The Hall–Kier alpha value is -2.08. The van der Waals surface area contributed by atoms with Gasteiger partial charge in [-0.3, -0.25) is 0 Å². The molecule has 0 bridgehead atoms. The van der Waals surface area contributed by atoms with E-state index in [0.717, 1.165) is 38.5 Å². The number of benzene rings is 1. The summed E-state index contributed by atoms with van der Waals surface area (Å²) in [6.45, 7) is 2.35. The molecule has 5 atom stereocenters. The number of fused-ring (bicyclic) bond motifs is 5. The van der Waals surface area contributed by atoms with Crippen molar-refractivity contribution in [1.29, 1.82) is 0 Å². The van der Waals surface area contributed by atoms with Gasteiger partial charge < -0.3 is 57.4 Å². The fourth-order valence-corrected chi connectivity index (χ4v) is 7.55. The Labute approximate surface area is 270 Å². The van der Waals surface area contributed by atoms with Crippen LogP contribution in [-0.4, -0.2) is 18.0 Å². The minimum absolute atomic E-state index is 0. The summed E-state index contributed by atoms with van der Waals surface area (Å²) in [7, 11) is 3.81. The lowest BCUT2D eigenvalue weighted by Gasteiger charge is -2.50. The van der Waals surface area contributed by atoms with Crippen LogP contribution < -0.4 is 61.8 Å². The van der Waals surface area contributed by atoms with Crippen molar-refractivity contribution >= 4 is 11.9 Å². The minimum atomic E-state index is -0.334. The Bertz CT molecular complexity index is 1410. The molecule has 1 aromatic carbocycles. The molecule has 2 heterocycles. The van der Waals surface area contributed by atoms with Gasteiger partial charge in [-0.15, -0.1) is 0 Å². The van der Waals surface area contributed by atoms with Crippen LogP contribution in [-0.2, 0) is 25.3 Å². The topological polar surface area (TPSA) is 60.4 Å². The first kappa shape index (κ1) is 30.9. The Morgan fingerprint density at radius 1 is 0.875 bits per heavy atom. The van der Waals surface area contributed by atoms with Gasteiger partial charge in [0, 0.05) is 17.5 Å². The highest BCUT2D eigenvalue weighted by atomic mass is 127. The van der Waals surface area contributed by atoms with Crippen molar-refractivity contribution < 1.29 is 76.2 Å². The van der Waals surface area contributed by atoms with Crippen LogP contribution in [0, 0.1) is 17.3 Å². The maximum Gasteiger partial charge on any atom is 0.349 e. The van der Waals surface area contributed by atoms with E-state index in [1.165, 1.54) is 11.1 Å². The number of pyridine rings is 2. The molecule has 2 saturated carbocycles. The van der Waals surface area contributed by atoms with E-state index in [0.29, 0.717) is 34.6 Å². The molecule has 0 spiro atoms. The van der Waals surface area contributed by atoms with Crippen LogP contribution in [0.1, 0.15) is 76.8 Å². The van der Waals surface area contributed by atoms with Crippen LogP contribution in [0.5, 0.6) is 5.75 Å². The molecule has 2 fully saturated rings. The Morgan fingerprint density at radius 3 is 2.23 bits per heavy atom. The van der Waals surface area contributed by atoms with Crippen molar-refractivity contribution in [1.82, 2.24) is 0 Å². The zero-order valence-corrected chi connectivity index (χ0v) is 27.5. The fourth-order valence-electron chi connectivity index (χ4n) is 7.55. The van der Waals surface area contributed by atoms with Crippen LogP contribution in [0.3, 0.4) is 0 Å². The van der Waals surface area contributed by atoms with Crippen molar-refractivity contribution in [2.75, 3.05) is 0 Å².